The van der Waals surface area contributed by atoms with Crippen LogP contribution in [0.3, 0.4) is 0 Å². The monoisotopic (exact) mass is 484 g/mol. The van der Waals surface area contributed by atoms with E-state index in [4.69, 9.17) is 5.73 Å². The molecule has 2 aromatic carbocycles. The molecule has 6 nitrogen and oxygen atoms in total. The summed E-state index contributed by atoms with van der Waals surface area (Å²) in [6, 6.07) is 10.5. The minimum atomic E-state index is -4.47. The van der Waals surface area contributed by atoms with Crippen LogP contribution in [0.1, 0.15) is 22.5 Å². The number of nitrogens with one attached hydrogen (secondary N) is 1. The zero-order chi connectivity index (χ0) is 24.7. The van der Waals surface area contributed by atoms with Gasteiger partial charge in [0.1, 0.15) is 5.82 Å². The number of rotatable bonds is 4. The smallest absolute Gasteiger partial charge is 0.398 e. The second-order valence-corrected chi connectivity index (χ2v) is 7.97. The summed E-state index contributed by atoms with van der Waals surface area (Å²) in [5.41, 5.74) is 7.89. The molecule has 0 saturated carbocycles. The van der Waals surface area contributed by atoms with E-state index in [1.165, 1.54) is 18.2 Å². The van der Waals surface area contributed by atoms with Crippen LogP contribution < -0.4 is 5.73 Å². The fourth-order valence-corrected chi connectivity index (χ4v) is 3.77. The number of pyridine rings is 1. The predicted octanol–water partition coefficient (Wildman–Crippen LogP) is 5.37. The molecule has 0 bridgehead atoms. The first-order chi connectivity index (χ1) is 16.7. The topological polar surface area (TPSA) is 83.2 Å². The zero-order valence-corrected chi connectivity index (χ0v) is 17.9. The van der Waals surface area contributed by atoms with Crippen LogP contribution in [0, 0.1) is 11.6 Å². The van der Waals surface area contributed by atoms with Gasteiger partial charge < -0.3 is 10.7 Å². The standard InChI is InChI=1S/C24H17F5N6/c25-17-3-1-2-16(22(17)26)23-33-20-10-32-35(12-21(20)34-23)11-13-4-7-19(31-9-13)15-6-5-14(8-18(15)30)24(27,28)29/h1-10H,11-12,30H2,(H,33,34). The molecule has 0 unspecified atom stereocenters. The SMILES string of the molecule is Nc1cc(C(F)(F)F)ccc1-c1ccc(CN2Cc3nc(-c4cccc(F)c4F)[nH]c3C=N2)cn1. The molecule has 1 aliphatic heterocycles. The fraction of sp³-hybridized carbons (Fsp3) is 0.125. The third-order valence-electron chi connectivity index (χ3n) is 5.54. The van der Waals surface area contributed by atoms with Crippen molar-refractivity contribution in [3.63, 3.8) is 0 Å². The highest BCUT2D eigenvalue weighted by molar-refractivity contribution is 5.81. The van der Waals surface area contributed by atoms with Gasteiger partial charge in [0.05, 0.1) is 47.5 Å². The second-order valence-electron chi connectivity index (χ2n) is 7.97. The number of anilines is 1. The maximum absolute atomic E-state index is 14.1. The van der Waals surface area contributed by atoms with E-state index in [9.17, 15) is 22.0 Å². The van der Waals surface area contributed by atoms with Crippen LogP contribution in [-0.4, -0.2) is 26.2 Å². The average molecular weight is 484 g/mol. The van der Waals surface area contributed by atoms with Crippen LogP contribution in [0.2, 0.25) is 0 Å². The van der Waals surface area contributed by atoms with Gasteiger partial charge in [0.25, 0.3) is 0 Å². The number of hydrazone groups is 1. The Kier molecular flexibility index (Phi) is 5.46. The van der Waals surface area contributed by atoms with E-state index in [1.54, 1.807) is 29.6 Å². The number of nitrogens with zero attached hydrogens (tertiary/aromatic N) is 4. The lowest BCUT2D eigenvalue weighted by molar-refractivity contribution is -0.137. The van der Waals surface area contributed by atoms with Crippen LogP contribution in [0.15, 0.2) is 59.8 Å². The number of imidazole rings is 1. The number of H-pyrrole nitrogens is 1. The minimum absolute atomic E-state index is 0.0164. The van der Waals surface area contributed by atoms with E-state index in [2.05, 4.69) is 20.1 Å². The van der Waals surface area contributed by atoms with Crippen LogP contribution in [-0.2, 0) is 19.3 Å². The predicted molar refractivity (Wildman–Crippen MR) is 120 cm³/mol. The number of aromatic nitrogens is 3. The van der Waals surface area contributed by atoms with Gasteiger partial charge in [0.15, 0.2) is 11.6 Å². The van der Waals surface area contributed by atoms with Gasteiger partial charge in [-0.05, 0) is 35.9 Å². The third kappa shape index (κ3) is 4.44. The molecule has 0 radical (unpaired) electrons. The lowest BCUT2D eigenvalue weighted by atomic mass is 10.0. The summed E-state index contributed by atoms with van der Waals surface area (Å²) in [6.45, 7) is 0.703. The Morgan fingerprint density at radius 1 is 1.03 bits per heavy atom. The number of benzene rings is 2. The largest absolute Gasteiger partial charge is 0.416 e. The number of nitrogens with two attached hydrogens (primary N) is 1. The van der Waals surface area contributed by atoms with Gasteiger partial charge in [-0.15, -0.1) is 0 Å². The number of alkyl halides is 3. The molecular formula is C24H17F5N6. The molecular weight excluding hydrogens is 467 g/mol. The molecule has 2 aromatic heterocycles. The van der Waals surface area contributed by atoms with Gasteiger partial charge >= 0.3 is 6.18 Å². The summed E-state index contributed by atoms with van der Waals surface area (Å²) in [5, 5.41) is 6.08. The normalized spacial score (nSPS) is 13.2. The molecule has 0 spiro atoms. The van der Waals surface area contributed by atoms with Crippen molar-refractivity contribution in [2.45, 2.75) is 19.3 Å². The summed E-state index contributed by atoms with van der Waals surface area (Å²) in [4.78, 5) is 11.7. The Balaban J connectivity index is 1.30. The molecule has 0 aliphatic carbocycles. The second kappa shape index (κ2) is 8.49. The van der Waals surface area contributed by atoms with E-state index in [0.29, 0.717) is 35.7 Å². The third-order valence-corrected chi connectivity index (χ3v) is 5.54. The molecule has 1 aliphatic rings. The van der Waals surface area contributed by atoms with E-state index in [-0.39, 0.29) is 17.1 Å². The minimum Gasteiger partial charge on any atom is -0.398 e. The molecule has 5 rings (SSSR count). The van der Waals surface area contributed by atoms with E-state index in [1.807, 2.05) is 0 Å². The van der Waals surface area contributed by atoms with Crippen molar-refractivity contribution in [1.29, 1.82) is 0 Å². The number of hydrogen-bond acceptors (Lipinski definition) is 5. The van der Waals surface area contributed by atoms with Crippen molar-refractivity contribution in [2.75, 3.05) is 5.73 Å². The van der Waals surface area contributed by atoms with E-state index in [0.717, 1.165) is 23.8 Å². The maximum atomic E-state index is 14.1. The first-order valence-electron chi connectivity index (χ1n) is 10.4. The van der Waals surface area contributed by atoms with Crippen molar-refractivity contribution in [3.8, 4) is 22.6 Å². The molecule has 4 aromatic rings. The summed E-state index contributed by atoms with van der Waals surface area (Å²) in [6.07, 6.45) is -1.33. The number of halogens is 5. The molecule has 0 fully saturated rings. The Labute approximate surface area is 195 Å². The molecule has 3 heterocycles. The van der Waals surface area contributed by atoms with Crippen molar-refractivity contribution >= 4 is 11.9 Å². The Hall–Kier alpha value is -4.28. The number of nitrogen functional groups attached to an aromatic ring is 1. The Morgan fingerprint density at radius 3 is 2.57 bits per heavy atom. The number of aromatic amines is 1. The first kappa shape index (κ1) is 22.5. The Morgan fingerprint density at radius 2 is 1.86 bits per heavy atom. The van der Waals surface area contributed by atoms with Crippen molar-refractivity contribution < 1.29 is 22.0 Å². The molecule has 178 valence electrons. The molecule has 3 N–H and O–H groups in total. The summed E-state index contributed by atoms with van der Waals surface area (Å²) < 4.78 is 66.3. The van der Waals surface area contributed by atoms with E-state index >= 15 is 0 Å². The lowest BCUT2D eigenvalue weighted by Crippen LogP contribution is -2.21. The van der Waals surface area contributed by atoms with Gasteiger partial charge in [0, 0.05) is 17.4 Å². The van der Waals surface area contributed by atoms with Gasteiger partial charge in [-0.25, -0.2) is 13.8 Å². The Bertz CT molecular complexity index is 1430. The van der Waals surface area contributed by atoms with Crippen molar-refractivity contribution in [1.82, 2.24) is 20.0 Å². The van der Waals surface area contributed by atoms with Crippen LogP contribution >= 0.6 is 0 Å². The summed E-state index contributed by atoms with van der Waals surface area (Å²) >= 11 is 0. The van der Waals surface area contributed by atoms with Crippen LogP contribution in [0.25, 0.3) is 22.6 Å². The maximum Gasteiger partial charge on any atom is 0.416 e. The molecule has 35 heavy (non-hydrogen) atoms. The van der Waals surface area contributed by atoms with Gasteiger partial charge in [-0.3, -0.25) is 9.99 Å². The number of fused-ring (bicyclic) bond motifs is 1. The molecule has 11 heteroatoms. The molecule has 0 saturated heterocycles. The average Bonchev–Trinajstić information content (AvgIpc) is 3.24. The highest BCUT2D eigenvalue weighted by Gasteiger charge is 2.31. The van der Waals surface area contributed by atoms with Crippen LogP contribution in [0.4, 0.5) is 27.6 Å². The summed E-state index contributed by atoms with van der Waals surface area (Å²) in [7, 11) is 0. The zero-order valence-electron chi connectivity index (χ0n) is 17.9. The first-order valence-corrected chi connectivity index (χ1v) is 10.4. The van der Waals surface area contributed by atoms with Gasteiger partial charge in [0.2, 0.25) is 0 Å². The van der Waals surface area contributed by atoms with Crippen molar-refractivity contribution in [3.05, 3.63) is 88.9 Å². The highest BCUT2D eigenvalue weighted by atomic mass is 19.4. The summed E-state index contributed by atoms with van der Waals surface area (Å²) in [5.74, 6) is -1.73. The molecule has 0 atom stereocenters. The van der Waals surface area contributed by atoms with Crippen LogP contribution in [0.5, 0.6) is 0 Å². The lowest BCUT2D eigenvalue weighted by Gasteiger charge is -2.21. The van der Waals surface area contributed by atoms with Gasteiger partial charge in [-0.2, -0.15) is 18.3 Å². The number of hydrogen-bond donors (Lipinski definition) is 2. The molecule has 0 amide bonds. The highest BCUT2D eigenvalue weighted by Crippen LogP contribution is 2.34. The quantitative estimate of drug-likeness (QED) is 0.302. The van der Waals surface area contributed by atoms with Gasteiger partial charge in [-0.1, -0.05) is 18.2 Å². The van der Waals surface area contributed by atoms with Crippen molar-refractivity contribution in [2.24, 2.45) is 5.10 Å². The van der Waals surface area contributed by atoms with E-state index < -0.39 is 23.4 Å². The fourth-order valence-electron chi connectivity index (χ4n) is 3.77.